The molecule has 1 N–H and O–H groups in total. The van der Waals surface area contributed by atoms with Crippen LogP contribution in [0.1, 0.15) is 37.8 Å². The van der Waals surface area contributed by atoms with E-state index in [9.17, 15) is 0 Å². The summed E-state index contributed by atoms with van der Waals surface area (Å²) in [5, 5.41) is 5.21. The Morgan fingerprint density at radius 1 is 1.03 bits per heavy atom. The molecule has 1 heterocycles. The number of methoxy groups -OCH3 is 1. The van der Waals surface area contributed by atoms with E-state index in [2.05, 4.69) is 24.4 Å². The van der Waals surface area contributed by atoms with Crippen molar-refractivity contribution in [1.82, 2.24) is 10.4 Å². The second-order valence-corrected chi connectivity index (χ2v) is 9.72. The van der Waals surface area contributed by atoms with Gasteiger partial charge in [0.15, 0.2) is 22.3 Å². The first-order chi connectivity index (χ1) is 18.1. The Morgan fingerprint density at radius 3 is 2.57 bits per heavy atom. The highest BCUT2D eigenvalue weighted by Crippen LogP contribution is 2.28. The minimum atomic E-state index is 0.558. The third-order valence-electron chi connectivity index (χ3n) is 5.41. The smallest absolute Gasteiger partial charge is 0.183 e. The van der Waals surface area contributed by atoms with E-state index in [-0.39, 0.29) is 0 Å². The number of hydrogen-bond donors (Lipinski definition) is 1. The predicted octanol–water partition coefficient (Wildman–Crippen LogP) is 6.83. The highest BCUT2D eigenvalue weighted by atomic mass is 32.1. The van der Waals surface area contributed by atoms with Gasteiger partial charge < -0.3 is 14.2 Å². The number of amidine groups is 1. The summed E-state index contributed by atoms with van der Waals surface area (Å²) in [6, 6.07) is 21.4. The fraction of sp³-hybridized carbons (Fsp3) is 0.276. The monoisotopic (exact) mass is 516 g/mol. The van der Waals surface area contributed by atoms with E-state index >= 15 is 0 Å². The standard InChI is InChI=1S/C29H32N4O3S/c1-5-35-23-13-11-22(12-14-23)31-28(29-32-24-8-6-7-9-27(24)37-29)33-30-19-21-10-15-25(26(18-21)34-4)36-17-16-20(2)3/h6-15,18-20H,5,16-17H2,1-4H3,(H,31,33). The summed E-state index contributed by atoms with van der Waals surface area (Å²) in [5.41, 5.74) is 5.65. The van der Waals surface area contributed by atoms with Gasteiger partial charge >= 0.3 is 0 Å². The first-order valence-corrected chi connectivity index (χ1v) is 13.1. The van der Waals surface area contributed by atoms with E-state index in [1.165, 1.54) is 0 Å². The minimum absolute atomic E-state index is 0.558. The number of hydrogen-bond acceptors (Lipinski definition) is 7. The van der Waals surface area contributed by atoms with Crippen LogP contribution in [0, 0.1) is 5.92 Å². The summed E-state index contributed by atoms with van der Waals surface area (Å²) in [4.78, 5) is 9.54. The molecule has 0 fully saturated rings. The van der Waals surface area contributed by atoms with Gasteiger partial charge in [-0.2, -0.15) is 5.10 Å². The molecule has 3 aromatic carbocycles. The number of nitrogens with one attached hydrogen (secondary N) is 1. The number of aromatic nitrogens is 1. The van der Waals surface area contributed by atoms with Crippen molar-refractivity contribution in [3.8, 4) is 17.2 Å². The highest BCUT2D eigenvalue weighted by molar-refractivity contribution is 7.20. The average Bonchev–Trinajstić information content (AvgIpc) is 3.34. The van der Waals surface area contributed by atoms with Crippen LogP contribution in [-0.2, 0) is 0 Å². The molecule has 7 nitrogen and oxygen atoms in total. The number of para-hydroxylation sites is 1. The minimum Gasteiger partial charge on any atom is -0.494 e. The molecule has 0 aliphatic rings. The van der Waals surface area contributed by atoms with E-state index in [4.69, 9.17) is 24.2 Å². The van der Waals surface area contributed by atoms with Gasteiger partial charge in [-0.3, -0.25) is 5.43 Å². The summed E-state index contributed by atoms with van der Waals surface area (Å²) < 4.78 is 18.1. The quantitative estimate of drug-likeness (QED) is 0.134. The zero-order chi connectivity index (χ0) is 26.0. The molecule has 8 heteroatoms. The second kappa shape index (κ2) is 12.9. The maximum atomic E-state index is 5.89. The molecule has 4 aromatic rings. The molecule has 0 bridgehead atoms. The maximum absolute atomic E-state index is 5.89. The van der Waals surface area contributed by atoms with E-state index in [1.54, 1.807) is 24.7 Å². The fourth-order valence-corrected chi connectivity index (χ4v) is 4.37. The molecule has 37 heavy (non-hydrogen) atoms. The molecule has 0 radical (unpaired) electrons. The Morgan fingerprint density at radius 2 is 1.84 bits per heavy atom. The number of thiazole rings is 1. The molecule has 0 atom stereocenters. The van der Waals surface area contributed by atoms with E-state index in [1.807, 2.05) is 73.7 Å². The number of nitrogens with zero attached hydrogens (tertiary/aromatic N) is 3. The van der Waals surface area contributed by atoms with Crippen LogP contribution in [0.3, 0.4) is 0 Å². The summed E-state index contributed by atoms with van der Waals surface area (Å²) >= 11 is 1.56. The van der Waals surface area contributed by atoms with Gasteiger partial charge in [-0.15, -0.1) is 11.3 Å². The molecule has 0 aliphatic heterocycles. The number of fused-ring (bicyclic) bond motifs is 1. The first kappa shape index (κ1) is 26.2. The third kappa shape index (κ3) is 7.30. The van der Waals surface area contributed by atoms with E-state index < -0.39 is 0 Å². The molecular formula is C29H32N4O3S. The molecule has 0 saturated heterocycles. The Kier molecular flexibility index (Phi) is 9.10. The van der Waals surface area contributed by atoms with Gasteiger partial charge in [-0.25, -0.2) is 9.98 Å². The zero-order valence-electron chi connectivity index (χ0n) is 21.6. The molecule has 0 spiro atoms. The summed E-state index contributed by atoms with van der Waals surface area (Å²) in [6.45, 7) is 7.58. The molecule has 192 valence electrons. The van der Waals surface area contributed by atoms with Crippen LogP contribution >= 0.6 is 11.3 Å². The van der Waals surface area contributed by atoms with Crippen molar-refractivity contribution in [1.29, 1.82) is 0 Å². The van der Waals surface area contributed by atoms with Crippen LogP contribution in [0.5, 0.6) is 17.2 Å². The number of benzene rings is 3. The molecular weight excluding hydrogens is 484 g/mol. The second-order valence-electron chi connectivity index (χ2n) is 8.69. The molecule has 0 amide bonds. The van der Waals surface area contributed by atoms with Gasteiger partial charge in [0.25, 0.3) is 0 Å². The van der Waals surface area contributed by atoms with Gasteiger partial charge in [-0.1, -0.05) is 26.0 Å². The molecule has 1 aromatic heterocycles. The van der Waals surface area contributed by atoms with Crippen LogP contribution < -0.4 is 19.6 Å². The fourth-order valence-electron chi connectivity index (χ4n) is 3.46. The van der Waals surface area contributed by atoms with E-state index in [0.29, 0.717) is 30.7 Å². The number of hydrazone groups is 1. The summed E-state index contributed by atoms with van der Waals surface area (Å²) in [7, 11) is 1.64. The van der Waals surface area contributed by atoms with Crippen LogP contribution in [-0.4, -0.2) is 37.4 Å². The highest BCUT2D eigenvalue weighted by Gasteiger charge is 2.11. The van der Waals surface area contributed by atoms with Gasteiger partial charge in [0.2, 0.25) is 0 Å². The third-order valence-corrected chi connectivity index (χ3v) is 6.45. The predicted molar refractivity (Wildman–Crippen MR) is 152 cm³/mol. The zero-order valence-corrected chi connectivity index (χ0v) is 22.4. The lowest BCUT2D eigenvalue weighted by atomic mass is 10.1. The van der Waals surface area contributed by atoms with Crippen LogP contribution in [0.25, 0.3) is 10.2 Å². The van der Waals surface area contributed by atoms with Gasteiger partial charge in [0.1, 0.15) is 5.75 Å². The number of aliphatic imine (C=N–C) groups is 1. The maximum Gasteiger partial charge on any atom is 0.183 e. The van der Waals surface area contributed by atoms with E-state index in [0.717, 1.165) is 44.4 Å². The molecule has 0 saturated carbocycles. The van der Waals surface area contributed by atoms with Crippen molar-refractivity contribution >= 4 is 39.3 Å². The van der Waals surface area contributed by atoms with Crippen molar-refractivity contribution < 1.29 is 14.2 Å². The Hall–Kier alpha value is -3.91. The number of ether oxygens (including phenoxy) is 3. The van der Waals surface area contributed by atoms with Crippen LogP contribution in [0.2, 0.25) is 0 Å². The lowest BCUT2D eigenvalue weighted by Gasteiger charge is -2.12. The van der Waals surface area contributed by atoms with Crippen LogP contribution in [0.4, 0.5) is 5.69 Å². The van der Waals surface area contributed by atoms with Crippen LogP contribution in [0.15, 0.2) is 76.8 Å². The molecule has 0 aliphatic carbocycles. The van der Waals surface area contributed by atoms with Crippen molar-refractivity contribution in [2.75, 3.05) is 20.3 Å². The normalized spacial score (nSPS) is 11.9. The average molecular weight is 517 g/mol. The Balaban J connectivity index is 1.55. The SMILES string of the molecule is CCOc1ccc(N=C(NN=Cc2ccc(OCCC(C)C)c(OC)c2)c2nc3ccccc3s2)cc1. The molecule has 4 rings (SSSR count). The van der Waals surface area contributed by atoms with Crippen molar-refractivity contribution in [3.63, 3.8) is 0 Å². The lowest BCUT2D eigenvalue weighted by Crippen LogP contribution is -2.18. The summed E-state index contributed by atoms with van der Waals surface area (Å²) in [5.74, 6) is 3.33. The molecule has 0 unspecified atom stereocenters. The number of rotatable bonds is 11. The van der Waals surface area contributed by atoms with Gasteiger partial charge in [0, 0.05) is 0 Å². The topological polar surface area (TPSA) is 77.3 Å². The Bertz CT molecular complexity index is 1330. The van der Waals surface area contributed by atoms with Crippen molar-refractivity contribution in [2.45, 2.75) is 27.2 Å². The van der Waals surface area contributed by atoms with Crippen molar-refractivity contribution in [3.05, 3.63) is 77.3 Å². The summed E-state index contributed by atoms with van der Waals surface area (Å²) in [6.07, 6.45) is 2.71. The largest absolute Gasteiger partial charge is 0.494 e. The Labute approximate surface area is 221 Å². The van der Waals surface area contributed by atoms with Gasteiger partial charge in [-0.05, 0) is 79.4 Å². The van der Waals surface area contributed by atoms with Gasteiger partial charge in [0.05, 0.1) is 42.4 Å². The lowest BCUT2D eigenvalue weighted by molar-refractivity contribution is 0.273. The van der Waals surface area contributed by atoms with Crippen molar-refractivity contribution in [2.24, 2.45) is 16.0 Å². The first-order valence-electron chi connectivity index (χ1n) is 12.3.